The van der Waals surface area contributed by atoms with Crippen LogP contribution in [0.2, 0.25) is 5.02 Å². The van der Waals surface area contributed by atoms with E-state index in [1.165, 1.54) is 29.0 Å². The third-order valence-corrected chi connectivity index (χ3v) is 7.41. The molecular weight excluding hydrogens is 520 g/mol. The van der Waals surface area contributed by atoms with Crippen molar-refractivity contribution in [2.45, 2.75) is 58.5 Å². The Balaban J connectivity index is 1.26. The van der Waals surface area contributed by atoms with Gasteiger partial charge < -0.3 is 10.6 Å². The van der Waals surface area contributed by atoms with Gasteiger partial charge in [-0.05, 0) is 67.7 Å². The molecule has 5 rings (SSSR count). The van der Waals surface area contributed by atoms with E-state index < -0.39 is 0 Å². The molecule has 1 atom stereocenters. The normalized spacial score (nSPS) is 15.5. The number of fused-ring (bicyclic) bond motifs is 1. The molecule has 2 heterocycles. The van der Waals surface area contributed by atoms with Crippen molar-refractivity contribution in [3.8, 4) is 6.07 Å². The van der Waals surface area contributed by atoms with Crippen LogP contribution in [-0.4, -0.2) is 25.9 Å². The molecule has 0 spiro atoms. The molecule has 2 aliphatic rings. The number of amides is 2. The molecule has 2 fully saturated rings. The van der Waals surface area contributed by atoms with Crippen LogP contribution in [0.1, 0.15) is 51.0 Å². The predicted molar refractivity (Wildman–Crippen MR) is 148 cm³/mol. The molecule has 2 aromatic heterocycles. The molecule has 39 heavy (non-hydrogen) atoms. The van der Waals surface area contributed by atoms with Crippen LogP contribution in [0.5, 0.6) is 0 Å². The number of nitrogens with zero attached hydrogens (tertiary/aromatic N) is 4. The van der Waals surface area contributed by atoms with Crippen molar-refractivity contribution in [3.63, 3.8) is 0 Å². The molecule has 3 aromatic rings. The van der Waals surface area contributed by atoms with Gasteiger partial charge in [0, 0.05) is 31.6 Å². The summed E-state index contributed by atoms with van der Waals surface area (Å²) in [5.74, 6) is 0.111. The summed E-state index contributed by atoms with van der Waals surface area (Å²) in [6.07, 6.45) is 5.80. The van der Waals surface area contributed by atoms with E-state index in [-0.39, 0.29) is 52.7 Å². The van der Waals surface area contributed by atoms with Crippen LogP contribution in [0.15, 0.2) is 40.1 Å². The second kappa shape index (κ2) is 11.0. The second-order valence-corrected chi connectivity index (χ2v) is 11.1. The molecule has 2 amide bonds. The molecular formula is C28H29ClN6O4. The lowest BCUT2D eigenvalue weighted by Gasteiger charge is -2.15. The van der Waals surface area contributed by atoms with Crippen LogP contribution < -0.4 is 21.9 Å². The minimum Gasteiger partial charge on any atom is -0.326 e. The van der Waals surface area contributed by atoms with Gasteiger partial charge >= 0.3 is 5.69 Å². The molecule has 1 unspecified atom stereocenters. The van der Waals surface area contributed by atoms with Crippen LogP contribution in [-0.2, 0) is 22.7 Å². The molecule has 0 aliphatic heterocycles. The first-order chi connectivity index (χ1) is 18.7. The highest BCUT2D eigenvalue weighted by molar-refractivity contribution is 6.32. The Bertz CT molecular complexity index is 1610. The topological polar surface area (TPSA) is 139 Å². The van der Waals surface area contributed by atoms with Crippen LogP contribution in [0.3, 0.4) is 0 Å². The van der Waals surface area contributed by atoms with Crippen molar-refractivity contribution >= 4 is 45.8 Å². The molecule has 202 valence electrons. The van der Waals surface area contributed by atoms with Crippen molar-refractivity contribution in [2.24, 2.45) is 17.8 Å². The van der Waals surface area contributed by atoms with Crippen molar-refractivity contribution in [1.29, 1.82) is 5.26 Å². The molecule has 0 bridgehead atoms. The van der Waals surface area contributed by atoms with Gasteiger partial charge in [0.2, 0.25) is 11.8 Å². The molecule has 11 heteroatoms. The summed E-state index contributed by atoms with van der Waals surface area (Å²) in [5, 5.41) is 15.0. The molecule has 0 radical (unpaired) electrons. The van der Waals surface area contributed by atoms with Gasteiger partial charge in [0.1, 0.15) is 11.9 Å². The Hall–Kier alpha value is -3.97. The summed E-state index contributed by atoms with van der Waals surface area (Å²) in [7, 11) is 0. The number of carbonyl (C=O) groups is 2. The Kier molecular flexibility index (Phi) is 7.53. The maximum atomic E-state index is 13.3. The zero-order valence-corrected chi connectivity index (χ0v) is 22.3. The molecule has 10 nitrogen and oxygen atoms in total. The van der Waals surface area contributed by atoms with Crippen molar-refractivity contribution in [3.05, 3.63) is 61.9 Å². The number of benzene rings is 1. The number of halogens is 1. The first-order valence-corrected chi connectivity index (χ1v) is 13.5. The highest BCUT2D eigenvalue weighted by Crippen LogP contribution is 2.32. The average molecular weight is 549 g/mol. The van der Waals surface area contributed by atoms with E-state index in [1.807, 2.05) is 6.07 Å². The lowest BCUT2D eigenvalue weighted by Crippen LogP contribution is -2.41. The lowest BCUT2D eigenvalue weighted by atomic mass is 10.0. The van der Waals surface area contributed by atoms with Crippen LogP contribution >= 0.6 is 11.6 Å². The van der Waals surface area contributed by atoms with Crippen molar-refractivity contribution in [2.75, 3.05) is 10.6 Å². The number of aromatic nitrogens is 3. The van der Waals surface area contributed by atoms with E-state index >= 15 is 0 Å². The fraction of sp³-hybridized carbons (Fsp3) is 0.429. The largest absolute Gasteiger partial charge is 0.331 e. The van der Waals surface area contributed by atoms with Gasteiger partial charge in [-0.25, -0.2) is 9.78 Å². The van der Waals surface area contributed by atoms with E-state index in [0.29, 0.717) is 47.1 Å². The van der Waals surface area contributed by atoms with Crippen molar-refractivity contribution in [1.82, 2.24) is 14.1 Å². The van der Waals surface area contributed by atoms with Gasteiger partial charge in [-0.1, -0.05) is 18.5 Å². The van der Waals surface area contributed by atoms with Crippen LogP contribution in [0, 0.1) is 29.1 Å². The number of nitriles is 1. The first kappa shape index (κ1) is 26.6. The molecule has 2 aliphatic carbocycles. The summed E-state index contributed by atoms with van der Waals surface area (Å²) in [6, 6.07) is 8.12. The monoisotopic (exact) mass is 548 g/mol. The summed E-state index contributed by atoms with van der Waals surface area (Å²) in [5.41, 5.74) is 0.610. The Morgan fingerprint density at radius 2 is 1.69 bits per heavy atom. The quantitative estimate of drug-likeness (QED) is 0.394. The van der Waals surface area contributed by atoms with E-state index in [2.05, 4.69) is 15.6 Å². The minimum atomic E-state index is -0.361. The van der Waals surface area contributed by atoms with Crippen LogP contribution in [0.25, 0.3) is 10.9 Å². The average Bonchev–Trinajstić information content (AvgIpc) is 3.81. The van der Waals surface area contributed by atoms with E-state index in [0.717, 1.165) is 25.7 Å². The predicted octanol–water partition coefficient (Wildman–Crippen LogP) is 3.90. The number of hydrogen-bond donors (Lipinski definition) is 2. The zero-order chi connectivity index (χ0) is 27.7. The third-order valence-electron chi connectivity index (χ3n) is 7.09. The SMILES string of the molecule is CC(CC(=O)Nc1ccc(C#N)c(Cl)c1)CC(=O)Nc1cc2c(=O)n(CC3CC3)c(=O)n(CC3CC3)c2cn1. The summed E-state index contributed by atoms with van der Waals surface area (Å²) < 4.78 is 2.98. The number of nitrogens with one attached hydrogen (secondary N) is 2. The minimum absolute atomic E-state index is 0.0638. The maximum absolute atomic E-state index is 13.3. The standard InChI is InChI=1S/C28H29ClN6O4/c1-16(8-25(36)32-20-7-6-19(12-30)22(29)10-20)9-26(37)33-24-11-21-23(13-31-24)34(14-17-2-3-17)28(39)35(27(21)38)15-18-4-5-18/h6-7,10-11,13,16-18H,2-5,8-9,14-15H2,1H3,(H,32,36)(H,31,33,37). The maximum Gasteiger partial charge on any atom is 0.331 e. The zero-order valence-electron chi connectivity index (χ0n) is 21.6. The third kappa shape index (κ3) is 6.37. The van der Waals surface area contributed by atoms with E-state index in [9.17, 15) is 19.2 Å². The number of rotatable bonds is 10. The number of pyridine rings is 1. The van der Waals surface area contributed by atoms with E-state index in [4.69, 9.17) is 16.9 Å². The van der Waals surface area contributed by atoms with Gasteiger partial charge in [-0.2, -0.15) is 5.26 Å². The number of hydrogen-bond acceptors (Lipinski definition) is 6. The first-order valence-electron chi connectivity index (χ1n) is 13.1. The van der Waals surface area contributed by atoms with E-state index in [1.54, 1.807) is 17.6 Å². The highest BCUT2D eigenvalue weighted by atomic mass is 35.5. The Labute approximate surface area is 229 Å². The molecule has 2 saturated carbocycles. The van der Waals surface area contributed by atoms with Crippen LogP contribution in [0.4, 0.5) is 11.5 Å². The van der Waals surface area contributed by atoms with Gasteiger partial charge in [0.15, 0.2) is 0 Å². The lowest BCUT2D eigenvalue weighted by molar-refractivity contribution is -0.118. The van der Waals surface area contributed by atoms with Crippen molar-refractivity contribution < 1.29 is 9.59 Å². The highest BCUT2D eigenvalue weighted by Gasteiger charge is 2.27. The Morgan fingerprint density at radius 1 is 1.05 bits per heavy atom. The summed E-state index contributed by atoms with van der Waals surface area (Å²) >= 11 is 6.01. The fourth-order valence-corrected chi connectivity index (χ4v) is 4.86. The van der Waals surface area contributed by atoms with Gasteiger partial charge in [-0.15, -0.1) is 0 Å². The molecule has 2 N–H and O–H groups in total. The summed E-state index contributed by atoms with van der Waals surface area (Å²) in [6.45, 7) is 2.75. The van der Waals surface area contributed by atoms with Gasteiger partial charge in [0.05, 0.1) is 27.7 Å². The van der Waals surface area contributed by atoms with Gasteiger partial charge in [0.25, 0.3) is 5.56 Å². The van der Waals surface area contributed by atoms with Gasteiger partial charge in [-0.3, -0.25) is 23.5 Å². The molecule has 0 saturated heterocycles. The second-order valence-electron chi connectivity index (χ2n) is 10.7. The smallest absolute Gasteiger partial charge is 0.326 e. The summed E-state index contributed by atoms with van der Waals surface area (Å²) in [4.78, 5) is 55.9. The Morgan fingerprint density at radius 3 is 2.31 bits per heavy atom. The number of carbonyl (C=O) groups excluding carboxylic acids is 2. The fourth-order valence-electron chi connectivity index (χ4n) is 4.63. The molecule has 1 aromatic carbocycles. The number of anilines is 2.